The molecule has 0 amide bonds. The summed E-state index contributed by atoms with van der Waals surface area (Å²) in [5.41, 5.74) is -5.28. The lowest BCUT2D eigenvalue weighted by Gasteiger charge is -2.64. The third-order valence-electron chi connectivity index (χ3n) is 9.97. The van der Waals surface area contributed by atoms with Gasteiger partial charge in [0.05, 0.1) is 23.5 Å². The van der Waals surface area contributed by atoms with Crippen molar-refractivity contribution < 1.29 is 67.0 Å². The van der Waals surface area contributed by atoms with E-state index in [1.165, 1.54) is 32.9 Å². The van der Waals surface area contributed by atoms with Crippen molar-refractivity contribution in [3.05, 3.63) is 47.0 Å². The minimum absolute atomic E-state index is 0.0342. The molecule has 0 aromatic heterocycles. The van der Waals surface area contributed by atoms with E-state index in [9.17, 15) is 33.9 Å². The first-order valence-corrected chi connectivity index (χ1v) is 15.6. The molecule has 3 aliphatic carbocycles. The summed E-state index contributed by atoms with van der Waals surface area (Å²) in [5.74, 6) is -5.97. The second-order valence-electron chi connectivity index (χ2n) is 13.1. The first kappa shape index (κ1) is 35.0. The van der Waals surface area contributed by atoms with Crippen LogP contribution in [0.3, 0.4) is 0 Å². The molecule has 5 rings (SSSR count). The number of esters is 6. The van der Waals surface area contributed by atoms with Gasteiger partial charge in [-0.1, -0.05) is 25.1 Å². The molecular formula is C34H40O14. The van der Waals surface area contributed by atoms with Gasteiger partial charge >= 0.3 is 35.8 Å². The number of aliphatic hydroxyl groups is 1. The highest BCUT2D eigenvalue weighted by Gasteiger charge is 2.79. The average Bonchev–Trinajstić information content (AvgIpc) is 3.19. The van der Waals surface area contributed by atoms with Gasteiger partial charge in [-0.3, -0.25) is 24.0 Å². The summed E-state index contributed by atoms with van der Waals surface area (Å²) in [6.07, 6.45) is -8.41. The predicted molar refractivity (Wildman–Crippen MR) is 161 cm³/mol. The van der Waals surface area contributed by atoms with E-state index in [1.807, 2.05) is 0 Å². The lowest BCUT2D eigenvalue weighted by Crippen LogP contribution is -2.79. The minimum atomic E-state index is -2.29. The Morgan fingerprint density at radius 1 is 0.792 bits per heavy atom. The fourth-order valence-corrected chi connectivity index (χ4v) is 8.32. The number of fused-ring (bicyclic) bond motifs is 4. The predicted octanol–water partition coefficient (Wildman–Crippen LogP) is 2.13. The number of hydrogen-bond donors (Lipinski definition) is 1. The summed E-state index contributed by atoms with van der Waals surface area (Å²) in [5, 5.41) is 13.1. The first-order valence-electron chi connectivity index (χ1n) is 15.6. The number of ether oxygens (including phenoxy) is 7. The zero-order valence-corrected chi connectivity index (χ0v) is 27.8. The zero-order valence-electron chi connectivity index (χ0n) is 27.8. The van der Waals surface area contributed by atoms with Crippen LogP contribution in [0.15, 0.2) is 41.5 Å². The molecule has 48 heavy (non-hydrogen) atoms. The van der Waals surface area contributed by atoms with Crippen molar-refractivity contribution in [1.82, 2.24) is 0 Å². The van der Waals surface area contributed by atoms with Gasteiger partial charge in [-0.15, -0.1) is 0 Å². The largest absolute Gasteiger partial charge is 0.462 e. The average molecular weight is 673 g/mol. The van der Waals surface area contributed by atoms with E-state index in [-0.39, 0.29) is 36.2 Å². The molecule has 0 spiro atoms. The van der Waals surface area contributed by atoms with Gasteiger partial charge in [0.15, 0.2) is 17.8 Å². The monoisotopic (exact) mass is 672 g/mol. The van der Waals surface area contributed by atoms with Crippen LogP contribution in [0.25, 0.3) is 0 Å². The van der Waals surface area contributed by atoms with E-state index in [4.69, 9.17) is 33.2 Å². The minimum Gasteiger partial charge on any atom is -0.462 e. The number of carbonyl (C=O) groups is 6. The topological polar surface area (TPSA) is 187 Å². The molecule has 10 atom stereocenters. The Kier molecular flexibility index (Phi) is 9.21. The quantitative estimate of drug-likeness (QED) is 0.252. The highest BCUT2D eigenvalue weighted by Crippen LogP contribution is 2.64. The van der Waals surface area contributed by atoms with Crippen LogP contribution < -0.4 is 0 Å². The molecule has 1 aromatic rings. The third-order valence-corrected chi connectivity index (χ3v) is 9.97. The van der Waals surface area contributed by atoms with Crippen LogP contribution >= 0.6 is 0 Å². The van der Waals surface area contributed by atoms with Crippen molar-refractivity contribution in [2.75, 3.05) is 6.61 Å². The highest BCUT2D eigenvalue weighted by molar-refractivity contribution is 5.89. The summed E-state index contributed by atoms with van der Waals surface area (Å²) in [6, 6.07) is 7.94. The molecule has 1 aromatic carbocycles. The fourth-order valence-electron chi connectivity index (χ4n) is 8.32. The molecule has 3 fully saturated rings. The summed E-state index contributed by atoms with van der Waals surface area (Å²) in [7, 11) is 0. The van der Waals surface area contributed by atoms with Crippen molar-refractivity contribution in [3.8, 4) is 0 Å². The SMILES string of the molecule is CC(=O)OC1CC2(O)C(=C1C)C(OC(C)=O)C(OC(C)=O)C1(C)C(OC(C)=O)CC3OCC3(OC(C)=O)C1C2OC(=O)c1ccccc1. The van der Waals surface area contributed by atoms with E-state index in [0.29, 0.717) is 0 Å². The van der Waals surface area contributed by atoms with Crippen LogP contribution in [-0.2, 0) is 57.1 Å². The highest BCUT2D eigenvalue weighted by atomic mass is 16.6. The van der Waals surface area contributed by atoms with Gasteiger partial charge in [-0.2, -0.15) is 0 Å². The van der Waals surface area contributed by atoms with Gasteiger partial charge in [-0.05, 0) is 24.6 Å². The van der Waals surface area contributed by atoms with Crippen LogP contribution in [0.4, 0.5) is 0 Å². The molecule has 1 heterocycles. The lowest BCUT2D eigenvalue weighted by molar-refractivity contribution is -0.350. The van der Waals surface area contributed by atoms with Crippen LogP contribution in [0.1, 0.15) is 71.7 Å². The Morgan fingerprint density at radius 3 is 1.92 bits per heavy atom. The molecule has 14 heteroatoms. The molecule has 2 saturated carbocycles. The van der Waals surface area contributed by atoms with Crippen molar-refractivity contribution in [3.63, 3.8) is 0 Å². The van der Waals surface area contributed by atoms with Crippen LogP contribution in [0, 0.1) is 11.3 Å². The van der Waals surface area contributed by atoms with E-state index in [2.05, 4.69) is 0 Å². The summed E-state index contributed by atoms with van der Waals surface area (Å²) < 4.78 is 41.6. The maximum atomic E-state index is 14.0. The molecule has 14 nitrogen and oxygen atoms in total. The Hall–Kier alpha value is -4.30. The van der Waals surface area contributed by atoms with Crippen molar-refractivity contribution in [2.45, 2.75) is 109 Å². The van der Waals surface area contributed by atoms with Crippen LogP contribution in [0.2, 0.25) is 0 Å². The van der Waals surface area contributed by atoms with Gasteiger partial charge in [0.1, 0.15) is 30.0 Å². The summed E-state index contributed by atoms with van der Waals surface area (Å²) in [6.45, 7) is 8.71. The molecule has 10 unspecified atom stereocenters. The second kappa shape index (κ2) is 12.6. The molecule has 4 aliphatic rings. The van der Waals surface area contributed by atoms with Crippen LogP contribution in [0.5, 0.6) is 0 Å². The van der Waals surface area contributed by atoms with Crippen molar-refractivity contribution >= 4 is 35.8 Å². The Bertz CT molecular complexity index is 1550. The molecule has 0 radical (unpaired) electrons. The zero-order chi connectivity index (χ0) is 35.3. The number of carbonyl (C=O) groups excluding carboxylic acids is 6. The van der Waals surface area contributed by atoms with E-state index < -0.39 is 95.0 Å². The fraction of sp³-hybridized carbons (Fsp3) is 0.588. The van der Waals surface area contributed by atoms with E-state index in [1.54, 1.807) is 32.0 Å². The van der Waals surface area contributed by atoms with E-state index in [0.717, 1.165) is 13.8 Å². The molecule has 0 bridgehead atoms. The van der Waals surface area contributed by atoms with Crippen LogP contribution in [-0.4, -0.2) is 95.4 Å². The molecule has 1 N–H and O–H groups in total. The molecular weight excluding hydrogens is 632 g/mol. The Morgan fingerprint density at radius 2 is 1.40 bits per heavy atom. The Labute approximate surface area is 276 Å². The van der Waals surface area contributed by atoms with Gasteiger partial charge in [0.25, 0.3) is 0 Å². The van der Waals surface area contributed by atoms with Gasteiger partial charge in [0, 0.05) is 53.0 Å². The maximum Gasteiger partial charge on any atom is 0.338 e. The molecule has 260 valence electrons. The van der Waals surface area contributed by atoms with Crippen molar-refractivity contribution in [1.29, 1.82) is 0 Å². The standard InChI is InChI=1S/C34H40O14/c1-16-23(43-17(2)35)14-33(41)26(16)27(45-19(4)37)29(46-20(5)38)32(7)24(44-18(3)36)13-25-34(15-42-25,48-21(6)39)28(32)30(33)47-31(40)22-11-9-8-10-12-22/h8-12,23-25,27-30,41H,13-15H2,1-7H3. The number of hydrogen-bond acceptors (Lipinski definition) is 14. The summed E-state index contributed by atoms with van der Waals surface area (Å²) in [4.78, 5) is 77.4. The molecule has 1 saturated heterocycles. The second-order valence-corrected chi connectivity index (χ2v) is 13.1. The number of rotatable bonds is 7. The van der Waals surface area contributed by atoms with Gasteiger partial charge in [0.2, 0.25) is 0 Å². The third kappa shape index (κ3) is 5.74. The smallest absolute Gasteiger partial charge is 0.338 e. The Balaban J connectivity index is 1.88. The molecule has 1 aliphatic heterocycles. The van der Waals surface area contributed by atoms with Gasteiger partial charge < -0.3 is 38.3 Å². The lowest BCUT2D eigenvalue weighted by atomic mass is 9.51. The normalized spacial score (nSPS) is 36.5. The first-order chi connectivity index (χ1) is 22.4. The summed E-state index contributed by atoms with van der Waals surface area (Å²) >= 11 is 0. The van der Waals surface area contributed by atoms with Crippen molar-refractivity contribution in [2.24, 2.45) is 11.3 Å². The number of benzene rings is 1. The maximum absolute atomic E-state index is 14.0. The van der Waals surface area contributed by atoms with Gasteiger partial charge in [-0.25, -0.2) is 4.79 Å². The van der Waals surface area contributed by atoms with E-state index >= 15 is 0 Å².